The van der Waals surface area contributed by atoms with Gasteiger partial charge in [0, 0.05) is 43.4 Å². The summed E-state index contributed by atoms with van der Waals surface area (Å²) in [4.78, 5) is 30.3. The van der Waals surface area contributed by atoms with Crippen LogP contribution in [0, 0.1) is 0 Å². The molecular formula is C19H20N6O2. The number of piperidine rings is 1. The Hall–Kier alpha value is -3.26. The highest BCUT2D eigenvalue weighted by molar-refractivity contribution is 6.00. The first-order chi connectivity index (χ1) is 13.2. The lowest BCUT2D eigenvalue weighted by Crippen LogP contribution is -2.51. The second-order valence-corrected chi connectivity index (χ2v) is 6.41. The average Bonchev–Trinajstić information content (AvgIpc) is 3.24. The third-order valence-electron chi connectivity index (χ3n) is 4.66. The van der Waals surface area contributed by atoms with Gasteiger partial charge >= 0.3 is 0 Å². The minimum atomic E-state index is -0.706. The average molecular weight is 364 g/mol. The van der Waals surface area contributed by atoms with E-state index in [1.807, 2.05) is 18.2 Å². The molecule has 1 aromatic carbocycles. The van der Waals surface area contributed by atoms with Crippen LogP contribution in [0.25, 0.3) is 11.4 Å². The summed E-state index contributed by atoms with van der Waals surface area (Å²) < 4.78 is 0. The molecule has 0 aliphatic carbocycles. The van der Waals surface area contributed by atoms with Crippen LogP contribution in [0.5, 0.6) is 0 Å². The van der Waals surface area contributed by atoms with Crippen LogP contribution in [-0.4, -0.2) is 61.1 Å². The minimum Gasteiger partial charge on any atom is -0.389 e. The number of imidazole rings is 1. The quantitative estimate of drug-likeness (QED) is 0.648. The van der Waals surface area contributed by atoms with Crippen molar-refractivity contribution >= 4 is 11.9 Å². The van der Waals surface area contributed by atoms with Gasteiger partial charge in [-0.3, -0.25) is 4.79 Å². The van der Waals surface area contributed by atoms with Crippen molar-refractivity contribution in [3.05, 3.63) is 60.7 Å². The van der Waals surface area contributed by atoms with Crippen LogP contribution < -0.4 is 5.32 Å². The van der Waals surface area contributed by atoms with Crippen molar-refractivity contribution < 1.29 is 9.90 Å². The molecule has 0 spiro atoms. The predicted octanol–water partition coefficient (Wildman–Crippen LogP) is 1.55. The molecule has 138 valence electrons. The predicted molar refractivity (Wildman–Crippen MR) is 100.0 cm³/mol. The molecule has 1 amide bonds. The van der Waals surface area contributed by atoms with Crippen molar-refractivity contribution in [2.75, 3.05) is 18.4 Å². The number of carbonyl (C=O) groups is 1. The molecule has 1 aliphatic heterocycles. The van der Waals surface area contributed by atoms with E-state index in [9.17, 15) is 9.90 Å². The fourth-order valence-electron chi connectivity index (χ4n) is 3.28. The third kappa shape index (κ3) is 3.65. The van der Waals surface area contributed by atoms with Gasteiger partial charge in [0.1, 0.15) is 5.82 Å². The SMILES string of the molecule is O=C(c1ccccc1-c1ncc[nH]1)N1CC[C@@H](Nc2ncccn2)[C@H](O)C1. The van der Waals surface area contributed by atoms with E-state index >= 15 is 0 Å². The third-order valence-corrected chi connectivity index (χ3v) is 4.66. The maximum absolute atomic E-state index is 13.1. The van der Waals surface area contributed by atoms with Crippen LogP contribution in [0.15, 0.2) is 55.1 Å². The zero-order valence-corrected chi connectivity index (χ0v) is 14.6. The smallest absolute Gasteiger partial charge is 0.254 e. The Balaban J connectivity index is 1.47. The number of anilines is 1. The van der Waals surface area contributed by atoms with Crippen molar-refractivity contribution in [2.24, 2.45) is 0 Å². The maximum atomic E-state index is 13.1. The summed E-state index contributed by atoms with van der Waals surface area (Å²) in [5.74, 6) is 1.01. The number of carbonyl (C=O) groups excluding carboxylic acids is 1. The first-order valence-corrected chi connectivity index (χ1v) is 8.82. The summed E-state index contributed by atoms with van der Waals surface area (Å²) in [6.07, 6.45) is 6.57. The lowest BCUT2D eigenvalue weighted by atomic mass is 9.99. The lowest BCUT2D eigenvalue weighted by molar-refractivity contribution is 0.0426. The summed E-state index contributed by atoms with van der Waals surface area (Å²) in [5, 5.41) is 13.7. The van der Waals surface area contributed by atoms with Gasteiger partial charge in [-0.15, -0.1) is 0 Å². The number of aromatic amines is 1. The molecule has 2 atom stereocenters. The number of benzene rings is 1. The number of hydrogen-bond donors (Lipinski definition) is 3. The number of aliphatic hydroxyl groups excluding tert-OH is 1. The van der Waals surface area contributed by atoms with Gasteiger partial charge in [0.15, 0.2) is 0 Å². The first-order valence-electron chi connectivity index (χ1n) is 8.82. The molecule has 3 aromatic rings. The van der Waals surface area contributed by atoms with Gasteiger partial charge in [-0.25, -0.2) is 15.0 Å². The molecular weight excluding hydrogens is 344 g/mol. The first kappa shape index (κ1) is 17.2. The fraction of sp³-hybridized carbons (Fsp3) is 0.263. The van der Waals surface area contributed by atoms with Crippen molar-refractivity contribution in [3.63, 3.8) is 0 Å². The summed E-state index contributed by atoms with van der Waals surface area (Å²) in [7, 11) is 0. The van der Waals surface area contributed by atoms with E-state index in [1.54, 1.807) is 41.8 Å². The van der Waals surface area contributed by atoms with Crippen molar-refractivity contribution in [1.82, 2.24) is 24.8 Å². The van der Waals surface area contributed by atoms with Crippen molar-refractivity contribution in [1.29, 1.82) is 0 Å². The second-order valence-electron chi connectivity index (χ2n) is 6.41. The molecule has 27 heavy (non-hydrogen) atoms. The number of amides is 1. The molecule has 3 heterocycles. The molecule has 3 N–H and O–H groups in total. The number of likely N-dealkylation sites (tertiary alicyclic amines) is 1. The molecule has 0 saturated carbocycles. The van der Waals surface area contributed by atoms with Crippen LogP contribution in [-0.2, 0) is 0 Å². The number of aromatic nitrogens is 4. The zero-order chi connectivity index (χ0) is 18.6. The van der Waals surface area contributed by atoms with Crippen LogP contribution >= 0.6 is 0 Å². The number of nitrogens with zero attached hydrogens (tertiary/aromatic N) is 4. The van der Waals surface area contributed by atoms with E-state index in [4.69, 9.17) is 0 Å². The van der Waals surface area contributed by atoms with Gasteiger partial charge in [-0.1, -0.05) is 18.2 Å². The highest BCUT2D eigenvalue weighted by Gasteiger charge is 2.31. The molecule has 1 fully saturated rings. The minimum absolute atomic E-state index is 0.115. The van der Waals surface area contributed by atoms with E-state index in [1.165, 1.54) is 0 Å². The van der Waals surface area contributed by atoms with Gasteiger partial charge in [0.25, 0.3) is 5.91 Å². The Morgan fingerprint density at radius 1 is 1.15 bits per heavy atom. The number of nitrogens with one attached hydrogen (secondary N) is 2. The topological polar surface area (TPSA) is 107 Å². The molecule has 0 unspecified atom stereocenters. The number of aliphatic hydroxyl groups is 1. The highest BCUT2D eigenvalue weighted by Crippen LogP contribution is 2.23. The van der Waals surface area contributed by atoms with Crippen LogP contribution in [0.3, 0.4) is 0 Å². The monoisotopic (exact) mass is 364 g/mol. The molecule has 1 aliphatic rings. The van der Waals surface area contributed by atoms with Crippen LogP contribution in [0.2, 0.25) is 0 Å². The lowest BCUT2D eigenvalue weighted by Gasteiger charge is -2.36. The zero-order valence-electron chi connectivity index (χ0n) is 14.6. The Morgan fingerprint density at radius 2 is 1.96 bits per heavy atom. The van der Waals surface area contributed by atoms with Gasteiger partial charge in [-0.05, 0) is 18.6 Å². The second kappa shape index (κ2) is 7.55. The highest BCUT2D eigenvalue weighted by atomic mass is 16.3. The summed E-state index contributed by atoms with van der Waals surface area (Å²) in [6.45, 7) is 0.780. The summed E-state index contributed by atoms with van der Waals surface area (Å²) in [5.41, 5.74) is 1.32. The molecule has 0 bridgehead atoms. The van der Waals surface area contributed by atoms with Crippen LogP contribution in [0.1, 0.15) is 16.8 Å². The van der Waals surface area contributed by atoms with E-state index < -0.39 is 6.10 Å². The van der Waals surface area contributed by atoms with Gasteiger partial charge in [0.05, 0.1) is 17.7 Å². The van der Waals surface area contributed by atoms with Crippen LogP contribution in [0.4, 0.5) is 5.95 Å². The summed E-state index contributed by atoms with van der Waals surface area (Å²) in [6, 6.07) is 8.89. The molecule has 8 nitrogen and oxygen atoms in total. The molecule has 4 rings (SSSR count). The summed E-state index contributed by atoms with van der Waals surface area (Å²) >= 11 is 0. The van der Waals surface area contributed by atoms with Crippen molar-refractivity contribution in [2.45, 2.75) is 18.6 Å². The standard InChI is InChI=1S/C19H20N6O2/c26-16-12-25(11-6-15(16)24-19-22-7-3-8-23-19)18(27)14-5-2-1-4-13(14)17-20-9-10-21-17/h1-5,7-10,15-16,26H,6,11-12H2,(H,20,21)(H,22,23,24)/t15-,16-/m1/s1. The number of rotatable bonds is 4. The number of H-pyrrole nitrogens is 1. The molecule has 1 saturated heterocycles. The Kier molecular flexibility index (Phi) is 4.80. The number of β-amino-alcohol motifs (C(OH)–C–C–N with tert-alkyl or cyclic N) is 1. The Bertz CT molecular complexity index is 900. The van der Waals surface area contributed by atoms with E-state index in [0.717, 1.165) is 5.56 Å². The largest absolute Gasteiger partial charge is 0.389 e. The van der Waals surface area contributed by atoms with E-state index in [2.05, 4.69) is 25.3 Å². The van der Waals surface area contributed by atoms with E-state index in [0.29, 0.717) is 30.3 Å². The normalized spacial score (nSPS) is 19.7. The molecule has 2 aromatic heterocycles. The molecule has 0 radical (unpaired) electrons. The Labute approximate surface area is 156 Å². The fourth-order valence-corrected chi connectivity index (χ4v) is 3.28. The molecule has 8 heteroatoms. The Morgan fingerprint density at radius 3 is 2.70 bits per heavy atom. The van der Waals surface area contributed by atoms with Crippen molar-refractivity contribution in [3.8, 4) is 11.4 Å². The van der Waals surface area contributed by atoms with Gasteiger partial charge in [0.2, 0.25) is 5.95 Å². The maximum Gasteiger partial charge on any atom is 0.254 e. The van der Waals surface area contributed by atoms with Gasteiger partial charge in [-0.2, -0.15) is 0 Å². The van der Waals surface area contributed by atoms with E-state index in [-0.39, 0.29) is 18.5 Å². The van der Waals surface area contributed by atoms with Gasteiger partial charge < -0.3 is 20.3 Å². The number of hydrogen-bond acceptors (Lipinski definition) is 6.